The predicted octanol–water partition coefficient (Wildman–Crippen LogP) is 2.42. The van der Waals surface area contributed by atoms with E-state index in [1.165, 1.54) is 5.56 Å². The molecule has 0 amide bonds. The van der Waals surface area contributed by atoms with Crippen LogP contribution >= 0.6 is 0 Å². The van der Waals surface area contributed by atoms with E-state index in [-0.39, 0.29) is 6.10 Å². The van der Waals surface area contributed by atoms with Gasteiger partial charge >= 0.3 is 0 Å². The smallest absolute Gasteiger partial charge is 0.228 e. The van der Waals surface area contributed by atoms with Crippen LogP contribution in [0.3, 0.4) is 0 Å². The maximum absolute atomic E-state index is 5.87. The lowest BCUT2D eigenvalue weighted by Crippen LogP contribution is -2.44. The van der Waals surface area contributed by atoms with Crippen LogP contribution in [0.2, 0.25) is 0 Å². The quantitative estimate of drug-likeness (QED) is 0.626. The summed E-state index contributed by atoms with van der Waals surface area (Å²) in [6.45, 7) is 9.33. The first kappa shape index (κ1) is 20.1. The fourth-order valence-corrected chi connectivity index (χ4v) is 4.31. The van der Waals surface area contributed by atoms with Crippen molar-refractivity contribution in [3.8, 4) is 0 Å². The predicted molar refractivity (Wildman–Crippen MR) is 121 cm³/mol. The van der Waals surface area contributed by atoms with Gasteiger partial charge < -0.3 is 20.3 Å². The summed E-state index contributed by atoms with van der Waals surface area (Å²) in [6.07, 6.45) is 5.14. The highest BCUT2D eigenvalue weighted by Crippen LogP contribution is 2.29. The van der Waals surface area contributed by atoms with E-state index in [0.717, 1.165) is 86.4 Å². The Morgan fingerprint density at radius 2 is 2.13 bits per heavy atom. The average Bonchev–Trinajstić information content (AvgIpc) is 3.43. The van der Waals surface area contributed by atoms with Gasteiger partial charge in [-0.3, -0.25) is 4.68 Å². The van der Waals surface area contributed by atoms with Gasteiger partial charge in [0.15, 0.2) is 5.82 Å². The lowest BCUT2D eigenvalue weighted by molar-refractivity contribution is 0.0950. The Morgan fingerprint density at radius 1 is 1.26 bits per heavy atom. The van der Waals surface area contributed by atoms with E-state index in [0.29, 0.717) is 6.54 Å². The van der Waals surface area contributed by atoms with Crippen LogP contribution < -0.4 is 15.5 Å². The van der Waals surface area contributed by atoms with Gasteiger partial charge in [0.25, 0.3) is 0 Å². The van der Waals surface area contributed by atoms with Crippen LogP contribution in [-0.2, 0) is 17.7 Å². The molecule has 1 unspecified atom stereocenters. The number of nitrogens with zero attached hydrogens (tertiary/aromatic N) is 6. The molecule has 0 saturated carbocycles. The van der Waals surface area contributed by atoms with E-state index < -0.39 is 0 Å². The fourth-order valence-electron chi connectivity index (χ4n) is 4.31. The summed E-state index contributed by atoms with van der Waals surface area (Å²) in [5.41, 5.74) is 3.94. The molecule has 0 aromatic carbocycles. The first-order valence-corrected chi connectivity index (χ1v) is 11.3. The maximum Gasteiger partial charge on any atom is 0.228 e. The molecule has 9 heteroatoms. The first-order chi connectivity index (χ1) is 15.2. The molecule has 0 spiro atoms. The van der Waals surface area contributed by atoms with E-state index in [9.17, 15) is 0 Å². The van der Waals surface area contributed by atoms with Crippen LogP contribution in [0.4, 0.5) is 17.6 Å². The molecule has 164 valence electrons. The second kappa shape index (κ2) is 8.76. The van der Waals surface area contributed by atoms with Crippen LogP contribution in [0.25, 0.3) is 11.0 Å². The van der Waals surface area contributed by atoms with Gasteiger partial charge in [0.2, 0.25) is 5.95 Å². The van der Waals surface area contributed by atoms with Crippen molar-refractivity contribution >= 4 is 28.6 Å². The molecular formula is C22H30N8O. The molecule has 3 aromatic rings. The molecule has 2 N–H and O–H groups in total. The standard InChI is InChI=1S/C22H30N8O/c1-3-16-6-7-24-18(13-16)25-21-20-19(26-22(27-21)29-10-8-23-9-11-29)15(2)28-30(20)14-17-5-4-12-31-17/h6-7,13,17,23H,3-5,8-12,14H2,1-2H3,(H,24,25,26,27). The normalized spacial score (nSPS) is 19.3. The van der Waals surface area contributed by atoms with Crippen LogP contribution in [0.15, 0.2) is 18.3 Å². The highest BCUT2D eigenvalue weighted by molar-refractivity contribution is 5.90. The third kappa shape index (κ3) is 4.20. The van der Waals surface area contributed by atoms with Crippen molar-refractivity contribution in [1.29, 1.82) is 0 Å². The van der Waals surface area contributed by atoms with E-state index >= 15 is 0 Å². The molecular weight excluding hydrogens is 392 g/mol. The summed E-state index contributed by atoms with van der Waals surface area (Å²) in [5.74, 6) is 2.27. The summed E-state index contributed by atoms with van der Waals surface area (Å²) in [7, 11) is 0. The average molecular weight is 423 g/mol. The second-order valence-corrected chi connectivity index (χ2v) is 8.24. The Kier molecular flexibility index (Phi) is 5.69. The topological polar surface area (TPSA) is 93.0 Å². The minimum Gasteiger partial charge on any atom is -0.376 e. The molecule has 31 heavy (non-hydrogen) atoms. The van der Waals surface area contributed by atoms with Crippen LogP contribution in [0.5, 0.6) is 0 Å². The van der Waals surface area contributed by atoms with Crippen LogP contribution in [-0.4, -0.2) is 63.6 Å². The van der Waals surface area contributed by atoms with Gasteiger partial charge in [-0.25, -0.2) is 9.97 Å². The number of fused-ring (bicyclic) bond motifs is 1. The zero-order chi connectivity index (χ0) is 21.2. The number of piperazine rings is 1. The molecule has 9 nitrogen and oxygen atoms in total. The van der Waals surface area contributed by atoms with Crippen molar-refractivity contribution < 1.29 is 4.74 Å². The summed E-state index contributed by atoms with van der Waals surface area (Å²) in [6, 6.07) is 4.12. The molecule has 2 fully saturated rings. The number of nitrogens with one attached hydrogen (secondary N) is 2. The second-order valence-electron chi connectivity index (χ2n) is 8.24. The van der Waals surface area contributed by atoms with Gasteiger partial charge in [-0.05, 0) is 43.9 Å². The third-order valence-electron chi connectivity index (χ3n) is 6.02. The molecule has 5 heterocycles. The Balaban J connectivity index is 1.59. The number of hydrogen-bond donors (Lipinski definition) is 2. The lowest BCUT2D eigenvalue weighted by Gasteiger charge is -2.27. The highest BCUT2D eigenvalue weighted by atomic mass is 16.5. The summed E-state index contributed by atoms with van der Waals surface area (Å²) < 4.78 is 7.88. The number of anilines is 3. The van der Waals surface area contributed by atoms with E-state index in [2.05, 4.69) is 33.5 Å². The Hall–Kier alpha value is -2.78. The van der Waals surface area contributed by atoms with Crippen LogP contribution in [0, 0.1) is 6.92 Å². The van der Waals surface area contributed by atoms with Gasteiger partial charge in [0.05, 0.1) is 18.3 Å². The zero-order valence-electron chi connectivity index (χ0n) is 18.3. The lowest BCUT2D eigenvalue weighted by atomic mass is 10.2. The van der Waals surface area contributed by atoms with E-state index in [4.69, 9.17) is 19.8 Å². The summed E-state index contributed by atoms with van der Waals surface area (Å²) in [4.78, 5) is 16.6. The molecule has 2 aliphatic heterocycles. The van der Waals surface area contributed by atoms with Crippen molar-refractivity contribution in [2.45, 2.75) is 45.8 Å². The number of rotatable bonds is 6. The minimum atomic E-state index is 0.185. The number of aromatic nitrogens is 5. The van der Waals surface area contributed by atoms with E-state index in [1.807, 2.05) is 23.9 Å². The Labute approximate surface area is 182 Å². The third-order valence-corrected chi connectivity index (χ3v) is 6.02. The Morgan fingerprint density at radius 3 is 2.90 bits per heavy atom. The summed E-state index contributed by atoms with van der Waals surface area (Å²) >= 11 is 0. The van der Waals surface area contributed by atoms with Gasteiger partial charge in [0.1, 0.15) is 16.9 Å². The van der Waals surface area contributed by atoms with Gasteiger partial charge in [-0.2, -0.15) is 10.1 Å². The molecule has 5 rings (SSSR count). The van der Waals surface area contributed by atoms with Crippen LogP contribution in [0.1, 0.15) is 31.0 Å². The van der Waals surface area contributed by atoms with Crippen molar-refractivity contribution in [2.75, 3.05) is 43.0 Å². The fraction of sp³-hybridized carbons (Fsp3) is 0.545. The Bertz CT molecular complexity index is 1050. The van der Waals surface area contributed by atoms with Crippen molar-refractivity contribution in [1.82, 2.24) is 30.0 Å². The number of ether oxygens (including phenoxy) is 1. The molecule has 2 aliphatic rings. The molecule has 1 atom stereocenters. The van der Waals surface area contributed by atoms with E-state index in [1.54, 1.807) is 0 Å². The zero-order valence-corrected chi connectivity index (χ0v) is 18.3. The first-order valence-electron chi connectivity index (χ1n) is 11.3. The van der Waals surface area contributed by atoms with Crippen molar-refractivity contribution in [3.05, 3.63) is 29.6 Å². The number of hydrogen-bond acceptors (Lipinski definition) is 8. The van der Waals surface area contributed by atoms with Gasteiger partial charge in [0, 0.05) is 39.0 Å². The largest absolute Gasteiger partial charge is 0.376 e. The molecule has 0 aliphatic carbocycles. The molecule has 0 bridgehead atoms. The molecule has 3 aromatic heterocycles. The van der Waals surface area contributed by atoms with Gasteiger partial charge in [-0.1, -0.05) is 6.92 Å². The molecule has 2 saturated heterocycles. The van der Waals surface area contributed by atoms with Gasteiger partial charge in [-0.15, -0.1) is 0 Å². The SMILES string of the molecule is CCc1ccnc(Nc2nc(N3CCNCC3)nc3c(C)nn(CC4CCCO4)c23)c1. The molecule has 0 radical (unpaired) electrons. The maximum atomic E-state index is 5.87. The monoisotopic (exact) mass is 422 g/mol. The minimum absolute atomic E-state index is 0.185. The number of pyridine rings is 1. The van der Waals surface area contributed by atoms with Crippen molar-refractivity contribution in [3.63, 3.8) is 0 Å². The number of aryl methyl sites for hydroxylation is 2. The highest BCUT2D eigenvalue weighted by Gasteiger charge is 2.24. The summed E-state index contributed by atoms with van der Waals surface area (Å²) in [5, 5.41) is 11.7. The van der Waals surface area contributed by atoms with Crippen molar-refractivity contribution in [2.24, 2.45) is 0 Å².